The van der Waals surface area contributed by atoms with E-state index >= 15 is 0 Å². The van der Waals surface area contributed by atoms with E-state index in [0.29, 0.717) is 0 Å². The molecular weight excluding hydrogens is 200 g/mol. The van der Waals surface area contributed by atoms with E-state index < -0.39 is 0 Å². The molecule has 0 unspecified atom stereocenters. The molecule has 3 nitrogen and oxygen atoms in total. The predicted octanol–water partition coefficient (Wildman–Crippen LogP) is 2.23. The fourth-order valence-corrected chi connectivity index (χ4v) is 2.15. The van der Waals surface area contributed by atoms with Crippen LogP contribution < -0.4 is 15.0 Å². The molecule has 0 atom stereocenters. The zero-order valence-electron chi connectivity index (χ0n) is 11.1. The largest absolute Gasteiger partial charge is 0.496 e. The summed E-state index contributed by atoms with van der Waals surface area (Å²) in [5.41, 5.74) is 5.03. The van der Waals surface area contributed by atoms with Crippen molar-refractivity contribution in [3.05, 3.63) is 22.8 Å². The Morgan fingerprint density at radius 2 is 1.88 bits per heavy atom. The van der Waals surface area contributed by atoms with Crippen LogP contribution in [-0.2, 0) is 0 Å². The summed E-state index contributed by atoms with van der Waals surface area (Å²) in [5, 5.41) is 3.16. The lowest BCUT2D eigenvalue weighted by molar-refractivity contribution is 0.411. The Hall–Kier alpha value is -1.22. The molecule has 0 aromatic heterocycles. The summed E-state index contributed by atoms with van der Waals surface area (Å²) < 4.78 is 5.37. The minimum absolute atomic E-state index is 0.841. The van der Waals surface area contributed by atoms with E-state index in [2.05, 4.69) is 44.1 Å². The molecule has 0 heterocycles. The van der Waals surface area contributed by atoms with Gasteiger partial charge in [-0.05, 0) is 50.6 Å². The average molecular weight is 222 g/mol. The van der Waals surface area contributed by atoms with E-state index in [1.165, 1.54) is 22.4 Å². The summed E-state index contributed by atoms with van der Waals surface area (Å²) in [6.45, 7) is 7.21. The van der Waals surface area contributed by atoms with Crippen LogP contribution in [-0.4, -0.2) is 27.9 Å². The number of methoxy groups -OCH3 is 1. The zero-order chi connectivity index (χ0) is 12.3. The van der Waals surface area contributed by atoms with Crippen molar-refractivity contribution in [1.29, 1.82) is 0 Å². The van der Waals surface area contributed by atoms with Gasteiger partial charge in [0.1, 0.15) is 5.75 Å². The standard InChI is InChI=1S/C13H22N2O/c1-9-7-12(16-6)10(2)11(3)13(9)15(5)8-14-4/h7,14H,8H2,1-6H3. The summed E-state index contributed by atoms with van der Waals surface area (Å²) in [4.78, 5) is 2.22. The molecule has 0 radical (unpaired) electrons. The predicted molar refractivity (Wildman–Crippen MR) is 69.5 cm³/mol. The summed E-state index contributed by atoms with van der Waals surface area (Å²) in [6, 6.07) is 2.10. The first-order chi connectivity index (χ1) is 7.52. The van der Waals surface area contributed by atoms with E-state index in [9.17, 15) is 0 Å². The normalized spacial score (nSPS) is 10.4. The Morgan fingerprint density at radius 3 is 2.38 bits per heavy atom. The highest BCUT2D eigenvalue weighted by molar-refractivity contribution is 5.64. The Bertz CT molecular complexity index is 375. The van der Waals surface area contributed by atoms with Crippen LogP contribution in [0.1, 0.15) is 16.7 Å². The molecule has 3 heteroatoms. The second-order valence-electron chi connectivity index (χ2n) is 4.20. The third-order valence-corrected chi connectivity index (χ3v) is 3.01. The number of hydrogen-bond acceptors (Lipinski definition) is 3. The highest BCUT2D eigenvalue weighted by atomic mass is 16.5. The molecule has 1 rings (SSSR count). The number of benzene rings is 1. The molecule has 90 valence electrons. The number of aryl methyl sites for hydroxylation is 1. The molecule has 0 saturated carbocycles. The summed E-state index contributed by atoms with van der Waals surface area (Å²) in [7, 11) is 5.77. The van der Waals surface area contributed by atoms with Crippen LogP contribution in [0, 0.1) is 20.8 Å². The molecule has 0 aliphatic heterocycles. The van der Waals surface area contributed by atoms with Crippen LogP contribution in [0.3, 0.4) is 0 Å². The second kappa shape index (κ2) is 5.21. The fraction of sp³-hybridized carbons (Fsp3) is 0.538. The van der Waals surface area contributed by atoms with E-state index in [1.807, 2.05) is 7.05 Å². The van der Waals surface area contributed by atoms with Crippen molar-refractivity contribution in [3.63, 3.8) is 0 Å². The molecular formula is C13H22N2O. The van der Waals surface area contributed by atoms with E-state index in [4.69, 9.17) is 4.74 Å². The molecule has 16 heavy (non-hydrogen) atoms. The summed E-state index contributed by atoms with van der Waals surface area (Å²) >= 11 is 0. The Kier molecular flexibility index (Phi) is 4.19. The number of nitrogens with zero attached hydrogens (tertiary/aromatic N) is 1. The van der Waals surface area contributed by atoms with Crippen molar-refractivity contribution in [2.75, 3.05) is 32.8 Å². The Labute approximate surface area is 98.4 Å². The van der Waals surface area contributed by atoms with Crippen LogP contribution in [0.25, 0.3) is 0 Å². The van der Waals surface area contributed by atoms with Crippen molar-refractivity contribution >= 4 is 5.69 Å². The molecule has 0 bridgehead atoms. The Balaban J connectivity index is 3.24. The van der Waals surface area contributed by atoms with Gasteiger partial charge in [-0.25, -0.2) is 0 Å². The molecule has 0 spiro atoms. The fourth-order valence-electron chi connectivity index (χ4n) is 2.15. The zero-order valence-corrected chi connectivity index (χ0v) is 11.1. The van der Waals surface area contributed by atoms with Gasteiger partial charge in [0.2, 0.25) is 0 Å². The van der Waals surface area contributed by atoms with E-state index in [-0.39, 0.29) is 0 Å². The van der Waals surface area contributed by atoms with Gasteiger partial charge in [-0.2, -0.15) is 0 Å². The maximum atomic E-state index is 5.37. The quantitative estimate of drug-likeness (QED) is 0.791. The molecule has 0 aliphatic carbocycles. The first kappa shape index (κ1) is 12.8. The lowest BCUT2D eigenvalue weighted by Crippen LogP contribution is -2.29. The highest BCUT2D eigenvalue weighted by Gasteiger charge is 2.13. The number of nitrogens with one attached hydrogen (secondary N) is 1. The molecule has 0 saturated heterocycles. The van der Waals surface area contributed by atoms with Gasteiger partial charge in [0, 0.05) is 12.7 Å². The van der Waals surface area contributed by atoms with Crippen LogP contribution in [0.5, 0.6) is 5.75 Å². The van der Waals surface area contributed by atoms with Crippen molar-refractivity contribution in [3.8, 4) is 5.75 Å². The van der Waals surface area contributed by atoms with Gasteiger partial charge in [-0.3, -0.25) is 0 Å². The van der Waals surface area contributed by atoms with Crippen molar-refractivity contribution in [1.82, 2.24) is 5.32 Å². The highest BCUT2D eigenvalue weighted by Crippen LogP contribution is 2.32. The minimum Gasteiger partial charge on any atom is -0.496 e. The Morgan fingerprint density at radius 1 is 1.25 bits per heavy atom. The summed E-state index contributed by atoms with van der Waals surface area (Å²) in [5.74, 6) is 0.969. The lowest BCUT2D eigenvalue weighted by atomic mass is 10.0. The van der Waals surface area contributed by atoms with Crippen molar-refractivity contribution in [2.45, 2.75) is 20.8 Å². The number of ether oxygens (including phenoxy) is 1. The van der Waals surface area contributed by atoms with Gasteiger partial charge in [0.25, 0.3) is 0 Å². The monoisotopic (exact) mass is 222 g/mol. The van der Waals surface area contributed by atoms with Gasteiger partial charge in [0.05, 0.1) is 13.8 Å². The average Bonchev–Trinajstić information content (AvgIpc) is 2.24. The van der Waals surface area contributed by atoms with E-state index in [1.54, 1.807) is 7.11 Å². The summed E-state index contributed by atoms with van der Waals surface area (Å²) in [6.07, 6.45) is 0. The van der Waals surface area contributed by atoms with Crippen molar-refractivity contribution < 1.29 is 4.74 Å². The molecule has 1 aromatic rings. The molecule has 0 fully saturated rings. The van der Waals surface area contributed by atoms with Gasteiger partial charge < -0.3 is 15.0 Å². The number of rotatable bonds is 4. The third-order valence-electron chi connectivity index (χ3n) is 3.01. The van der Waals surface area contributed by atoms with Crippen LogP contribution in [0.4, 0.5) is 5.69 Å². The lowest BCUT2D eigenvalue weighted by Gasteiger charge is -2.25. The van der Waals surface area contributed by atoms with Crippen LogP contribution in [0.15, 0.2) is 6.07 Å². The van der Waals surface area contributed by atoms with E-state index in [0.717, 1.165) is 12.4 Å². The SMILES string of the molecule is CNCN(C)c1c(C)cc(OC)c(C)c1C. The van der Waals surface area contributed by atoms with Gasteiger partial charge >= 0.3 is 0 Å². The molecule has 0 amide bonds. The number of anilines is 1. The minimum atomic E-state index is 0.841. The topological polar surface area (TPSA) is 24.5 Å². The first-order valence-corrected chi connectivity index (χ1v) is 5.53. The van der Waals surface area contributed by atoms with Crippen LogP contribution in [0.2, 0.25) is 0 Å². The smallest absolute Gasteiger partial charge is 0.122 e. The first-order valence-electron chi connectivity index (χ1n) is 5.53. The van der Waals surface area contributed by atoms with Gasteiger partial charge in [0.15, 0.2) is 0 Å². The maximum absolute atomic E-state index is 5.37. The van der Waals surface area contributed by atoms with Crippen molar-refractivity contribution in [2.24, 2.45) is 0 Å². The molecule has 1 aromatic carbocycles. The van der Waals surface area contributed by atoms with Gasteiger partial charge in [-0.15, -0.1) is 0 Å². The van der Waals surface area contributed by atoms with Crippen LogP contribution >= 0.6 is 0 Å². The second-order valence-corrected chi connectivity index (χ2v) is 4.20. The number of hydrogen-bond donors (Lipinski definition) is 1. The van der Waals surface area contributed by atoms with Gasteiger partial charge in [-0.1, -0.05) is 0 Å². The molecule has 1 N–H and O–H groups in total. The molecule has 0 aliphatic rings. The third kappa shape index (κ3) is 2.30. The maximum Gasteiger partial charge on any atom is 0.122 e.